The number of nitro groups is 1. The van der Waals surface area contributed by atoms with Gasteiger partial charge in [0.25, 0.3) is 5.69 Å². The van der Waals surface area contributed by atoms with Crippen molar-refractivity contribution < 1.29 is 18.1 Å². The van der Waals surface area contributed by atoms with Crippen molar-refractivity contribution in [1.82, 2.24) is 0 Å². The maximum atomic E-state index is 11.5. The van der Waals surface area contributed by atoms with Gasteiger partial charge in [0.2, 0.25) is 0 Å². The molecule has 22 heavy (non-hydrogen) atoms. The standard InChI is InChI=1S/C14H18N2O5S/c1-22(19,20)12-2-3-13(14(10-12)16(17)18)15-7-4-11-5-8-21-9-6-11/h2-3,5,10,15H,4,6-9H2,1H3. The number of sulfone groups is 1. The van der Waals surface area contributed by atoms with E-state index in [1.165, 1.54) is 17.7 Å². The summed E-state index contributed by atoms with van der Waals surface area (Å²) in [7, 11) is -3.47. The Morgan fingerprint density at radius 2 is 2.18 bits per heavy atom. The third-order valence-electron chi connectivity index (χ3n) is 3.41. The van der Waals surface area contributed by atoms with Crippen molar-refractivity contribution in [1.29, 1.82) is 0 Å². The van der Waals surface area contributed by atoms with Crippen LogP contribution in [0, 0.1) is 10.1 Å². The zero-order valence-electron chi connectivity index (χ0n) is 12.2. The molecule has 0 radical (unpaired) electrons. The molecule has 0 fully saturated rings. The van der Waals surface area contributed by atoms with Crippen molar-refractivity contribution in [2.45, 2.75) is 17.7 Å². The first-order valence-electron chi connectivity index (χ1n) is 6.86. The number of anilines is 1. The van der Waals surface area contributed by atoms with Crippen LogP contribution in [0.3, 0.4) is 0 Å². The van der Waals surface area contributed by atoms with E-state index < -0.39 is 14.8 Å². The van der Waals surface area contributed by atoms with Crippen molar-refractivity contribution in [3.05, 3.63) is 40.0 Å². The van der Waals surface area contributed by atoms with Crippen LogP contribution in [0.2, 0.25) is 0 Å². The summed E-state index contributed by atoms with van der Waals surface area (Å²) >= 11 is 0. The normalized spacial score (nSPS) is 15.2. The van der Waals surface area contributed by atoms with E-state index in [0.717, 1.165) is 25.2 Å². The summed E-state index contributed by atoms with van der Waals surface area (Å²) < 4.78 is 28.2. The molecule has 7 nitrogen and oxygen atoms in total. The summed E-state index contributed by atoms with van der Waals surface area (Å²) in [5.41, 5.74) is 1.35. The summed E-state index contributed by atoms with van der Waals surface area (Å²) in [4.78, 5) is 10.5. The van der Waals surface area contributed by atoms with Gasteiger partial charge in [-0.2, -0.15) is 0 Å². The fraction of sp³-hybridized carbons (Fsp3) is 0.429. The van der Waals surface area contributed by atoms with E-state index in [1.54, 1.807) is 0 Å². The zero-order valence-corrected chi connectivity index (χ0v) is 13.1. The number of nitrogens with one attached hydrogen (secondary N) is 1. The minimum atomic E-state index is -3.47. The smallest absolute Gasteiger partial charge is 0.293 e. The van der Waals surface area contributed by atoms with Crippen LogP contribution in [-0.2, 0) is 14.6 Å². The van der Waals surface area contributed by atoms with E-state index in [4.69, 9.17) is 4.74 Å². The fourth-order valence-corrected chi connectivity index (χ4v) is 2.83. The molecule has 1 N–H and O–H groups in total. The molecule has 0 atom stereocenters. The van der Waals surface area contributed by atoms with Crippen LogP contribution < -0.4 is 5.32 Å². The first-order valence-corrected chi connectivity index (χ1v) is 8.75. The summed E-state index contributed by atoms with van der Waals surface area (Å²) in [6.07, 6.45) is 4.69. The third kappa shape index (κ3) is 4.28. The molecule has 2 rings (SSSR count). The minimum absolute atomic E-state index is 0.0584. The lowest BCUT2D eigenvalue weighted by atomic mass is 10.1. The highest BCUT2D eigenvalue weighted by Crippen LogP contribution is 2.27. The molecule has 1 heterocycles. The number of rotatable bonds is 6. The molecule has 0 spiro atoms. The topological polar surface area (TPSA) is 98.5 Å². The Labute approximate surface area is 129 Å². The fourth-order valence-electron chi connectivity index (χ4n) is 2.19. The van der Waals surface area contributed by atoms with Gasteiger partial charge in [0, 0.05) is 18.9 Å². The van der Waals surface area contributed by atoms with Crippen LogP contribution in [0.1, 0.15) is 12.8 Å². The Hall–Kier alpha value is -1.93. The number of ether oxygens (including phenoxy) is 1. The molecule has 0 unspecified atom stereocenters. The van der Waals surface area contributed by atoms with Crippen LogP contribution in [0.15, 0.2) is 34.7 Å². The highest BCUT2D eigenvalue weighted by atomic mass is 32.2. The number of nitro benzene ring substituents is 1. The molecular formula is C14H18N2O5S. The molecule has 0 bridgehead atoms. The van der Waals surface area contributed by atoms with Crippen molar-refractivity contribution in [3.8, 4) is 0 Å². The molecular weight excluding hydrogens is 308 g/mol. The monoisotopic (exact) mass is 326 g/mol. The highest BCUT2D eigenvalue weighted by molar-refractivity contribution is 7.90. The molecule has 120 valence electrons. The van der Waals surface area contributed by atoms with Gasteiger partial charge in [-0.05, 0) is 25.0 Å². The number of benzene rings is 1. The second-order valence-electron chi connectivity index (χ2n) is 5.07. The van der Waals surface area contributed by atoms with Gasteiger partial charge in [-0.1, -0.05) is 11.6 Å². The van der Waals surface area contributed by atoms with Gasteiger partial charge in [-0.25, -0.2) is 8.42 Å². The Balaban J connectivity index is 2.09. The van der Waals surface area contributed by atoms with Crippen LogP contribution >= 0.6 is 0 Å². The van der Waals surface area contributed by atoms with Gasteiger partial charge in [0.05, 0.1) is 23.0 Å². The maximum Gasteiger partial charge on any atom is 0.293 e. The molecule has 1 aliphatic rings. The number of hydrogen-bond acceptors (Lipinski definition) is 6. The average Bonchev–Trinajstić information content (AvgIpc) is 2.47. The quantitative estimate of drug-likeness (QED) is 0.488. The lowest BCUT2D eigenvalue weighted by Gasteiger charge is -2.14. The predicted molar refractivity (Wildman–Crippen MR) is 82.8 cm³/mol. The predicted octanol–water partition coefficient (Wildman–Crippen LogP) is 2.15. The van der Waals surface area contributed by atoms with E-state index in [1.807, 2.05) is 6.08 Å². The van der Waals surface area contributed by atoms with Crippen LogP contribution in [0.5, 0.6) is 0 Å². The van der Waals surface area contributed by atoms with Crippen molar-refractivity contribution >= 4 is 21.2 Å². The van der Waals surface area contributed by atoms with Crippen molar-refractivity contribution in [2.24, 2.45) is 0 Å². The maximum absolute atomic E-state index is 11.5. The molecule has 1 aromatic rings. The summed E-state index contributed by atoms with van der Waals surface area (Å²) in [5, 5.41) is 14.1. The third-order valence-corrected chi connectivity index (χ3v) is 4.52. The van der Waals surface area contributed by atoms with Crippen LogP contribution in [0.4, 0.5) is 11.4 Å². The van der Waals surface area contributed by atoms with E-state index in [-0.39, 0.29) is 10.6 Å². The summed E-state index contributed by atoms with van der Waals surface area (Å²) in [6.45, 7) is 1.86. The second-order valence-corrected chi connectivity index (χ2v) is 7.09. The second kappa shape index (κ2) is 6.89. The highest BCUT2D eigenvalue weighted by Gasteiger charge is 2.18. The van der Waals surface area contributed by atoms with Crippen LogP contribution in [-0.4, -0.2) is 39.4 Å². The van der Waals surface area contributed by atoms with E-state index in [0.29, 0.717) is 25.4 Å². The summed E-state index contributed by atoms with van der Waals surface area (Å²) in [5.74, 6) is 0. The average molecular weight is 326 g/mol. The van der Waals surface area contributed by atoms with Gasteiger partial charge in [-0.3, -0.25) is 10.1 Å². The SMILES string of the molecule is CS(=O)(=O)c1ccc(NCCC2=CCOCC2)c([N+](=O)[O-])c1. The van der Waals surface area contributed by atoms with E-state index >= 15 is 0 Å². The first kappa shape index (κ1) is 16.4. The Morgan fingerprint density at radius 1 is 1.41 bits per heavy atom. The van der Waals surface area contributed by atoms with Gasteiger partial charge < -0.3 is 10.1 Å². The number of nitrogens with zero attached hydrogens (tertiary/aromatic N) is 1. The largest absolute Gasteiger partial charge is 0.379 e. The van der Waals surface area contributed by atoms with Crippen molar-refractivity contribution in [3.63, 3.8) is 0 Å². The lowest BCUT2D eigenvalue weighted by molar-refractivity contribution is -0.384. The summed E-state index contributed by atoms with van der Waals surface area (Å²) in [6, 6.07) is 3.90. The van der Waals surface area contributed by atoms with Gasteiger partial charge in [-0.15, -0.1) is 0 Å². The van der Waals surface area contributed by atoms with Gasteiger partial charge >= 0.3 is 0 Å². The van der Waals surface area contributed by atoms with Gasteiger partial charge in [0.1, 0.15) is 5.69 Å². The molecule has 8 heteroatoms. The number of hydrogen-bond donors (Lipinski definition) is 1. The molecule has 0 aliphatic carbocycles. The molecule has 1 aliphatic heterocycles. The Kier molecular flexibility index (Phi) is 5.15. The lowest BCUT2D eigenvalue weighted by Crippen LogP contribution is -2.10. The first-order chi connectivity index (χ1) is 10.4. The molecule has 1 aromatic carbocycles. The molecule has 0 aromatic heterocycles. The Morgan fingerprint density at radius 3 is 2.77 bits per heavy atom. The zero-order chi connectivity index (χ0) is 16.2. The van der Waals surface area contributed by atoms with Crippen LogP contribution in [0.25, 0.3) is 0 Å². The minimum Gasteiger partial charge on any atom is -0.379 e. The van der Waals surface area contributed by atoms with E-state index in [9.17, 15) is 18.5 Å². The van der Waals surface area contributed by atoms with Crippen molar-refractivity contribution in [2.75, 3.05) is 31.3 Å². The molecule has 0 amide bonds. The Bertz CT molecular complexity index is 697. The van der Waals surface area contributed by atoms with E-state index in [2.05, 4.69) is 5.32 Å². The molecule has 0 saturated carbocycles. The van der Waals surface area contributed by atoms with Gasteiger partial charge in [0.15, 0.2) is 9.84 Å². The molecule has 0 saturated heterocycles.